The van der Waals surface area contributed by atoms with Gasteiger partial charge in [0, 0.05) is 44.3 Å². The van der Waals surface area contributed by atoms with Crippen molar-refractivity contribution in [1.82, 2.24) is 19.8 Å². The van der Waals surface area contributed by atoms with Crippen LogP contribution in [0.2, 0.25) is 0 Å². The van der Waals surface area contributed by atoms with Crippen LogP contribution in [0.25, 0.3) is 0 Å². The molecule has 2 aliphatic rings. The largest absolute Gasteiger partial charge is 0.337 e. The number of piperidine rings is 1. The van der Waals surface area contributed by atoms with Crippen molar-refractivity contribution in [1.29, 1.82) is 0 Å². The van der Waals surface area contributed by atoms with Gasteiger partial charge in [-0.25, -0.2) is 4.98 Å². The number of rotatable bonds is 3. The van der Waals surface area contributed by atoms with E-state index in [4.69, 9.17) is 0 Å². The van der Waals surface area contributed by atoms with Gasteiger partial charge in [0.05, 0.1) is 11.2 Å². The van der Waals surface area contributed by atoms with Crippen molar-refractivity contribution >= 4 is 17.2 Å². The molecule has 2 atom stereocenters. The average molecular weight is 328 g/mol. The van der Waals surface area contributed by atoms with Crippen LogP contribution in [-0.2, 0) is 6.54 Å². The molecule has 0 radical (unpaired) electrons. The maximum atomic E-state index is 12.5. The minimum atomic E-state index is 0.0906. The quantitative estimate of drug-likeness (QED) is 0.866. The number of hydrogen-bond acceptors (Lipinski definition) is 5. The lowest BCUT2D eigenvalue weighted by molar-refractivity contribution is 0.0637. The Hall–Kier alpha value is -1.79. The summed E-state index contributed by atoms with van der Waals surface area (Å²) in [6.45, 7) is 4.81. The second kappa shape index (κ2) is 6.37. The number of thiazole rings is 1. The third kappa shape index (κ3) is 3.14. The third-order valence-corrected chi connectivity index (χ3v) is 5.51. The van der Waals surface area contributed by atoms with Gasteiger partial charge in [-0.3, -0.25) is 14.7 Å². The fraction of sp³-hybridized carbons (Fsp3) is 0.471. The Kier molecular flexibility index (Phi) is 4.10. The van der Waals surface area contributed by atoms with E-state index in [0.29, 0.717) is 17.5 Å². The molecule has 23 heavy (non-hydrogen) atoms. The molecule has 2 aliphatic heterocycles. The topological polar surface area (TPSA) is 49.3 Å². The first-order valence-corrected chi connectivity index (χ1v) is 9.03. The van der Waals surface area contributed by atoms with Crippen LogP contribution in [0.4, 0.5) is 0 Å². The molecule has 0 spiro atoms. The zero-order valence-electron chi connectivity index (χ0n) is 13.0. The minimum absolute atomic E-state index is 0.0906. The van der Waals surface area contributed by atoms with Crippen LogP contribution in [0.15, 0.2) is 35.3 Å². The van der Waals surface area contributed by atoms with Crippen LogP contribution in [0.1, 0.15) is 22.6 Å². The number of nitrogens with zero attached hydrogens (tertiary/aromatic N) is 4. The Morgan fingerprint density at radius 2 is 2.13 bits per heavy atom. The van der Waals surface area contributed by atoms with Gasteiger partial charge in [0.15, 0.2) is 0 Å². The maximum absolute atomic E-state index is 12.5. The zero-order valence-corrected chi connectivity index (χ0v) is 13.8. The molecule has 4 rings (SSSR count). The van der Waals surface area contributed by atoms with E-state index < -0.39 is 0 Å². The SMILES string of the molecule is O=C(c1cscn1)N1CC[C@H]2CN(Cc3ccccn3)C[C@H]2C1. The number of hydrogen-bond donors (Lipinski definition) is 0. The molecule has 120 valence electrons. The summed E-state index contributed by atoms with van der Waals surface area (Å²) in [6, 6.07) is 6.08. The van der Waals surface area contributed by atoms with Gasteiger partial charge in [-0.2, -0.15) is 0 Å². The van der Waals surface area contributed by atoms with Crippen molar-refractivity contribution in [3.05, 3.63) is 46.7 Å². The molecule has 0 N–H and O–H groups in total. The summed E-state index contributed by atoms with van der Waals surface area (Å²) in [5.41, 5.74) is 3.45. The average Bonchev–Trinajstić information content (AvgIpc) is 3.23. The van der Waals surface area contributed by atoms with Crippen molar-refractivity contribution in [2.75, 3.05) is 26.2 Å². The molecular formula is C17H20N4OS. The van der Waals surface area contributed by atoms with Crippen molar-refractivity contribution in [3.8, 4) is 0 Å². The van der Waals surface area contributed by atoms with E-state index >= 15 is 0 Å². The maximum Gasteiger partial charge on any atom is 0.273 e. The highest BCUT2D eigenvalue weighted by Crippen LogP contribution is 2.32. The lowest BCUT2D eigenvalue weighted by Crippen LogP contribution is -2.43. The summed E-state index contributed by atoms with van der Waals surface area (Å²) in [7, 11) is 0. The van der Waals surface area contributed by atoms with Crippen LogP contribution in [0.3, 0.4) is 0 Å². The molecule has 0 saturated carbocycles. The number of amides is 1. The van der Waals surface area contributed by atoms with E-state index in [9.17, 15) is 4.79 Å². The Labute approximate surface area is 140 Å². The summed E-state index contributed by atoms with van der Waals surface area (Å²) in [4.78, 5) is 25.5. The Balaban J connectivity index is 1.38. The summed E-state index contributed by atoms with van der Waals surface area (Å²) in [6.07, 6.45) is 2.95. The first-order chi connectivity index (χ1) is 11.3. The zero-order chi connectivity index (χ0) is 15.6. The summed E-state index contributed by atoms with van der Waals surface area (Å²) in [5, 5.41) is 1.84. The normalized spacial score (nSPS) is 24.6. The minimum Gasteiger partial charge on any atom is -0.337 e. The summed E-state index contributed by atoms with van der Waals surface area (Å²) < 4.78 is 0. The van der Waals surface area contributed by atoms with E-state index in [1.54, 1.807) is 5.51 Å². The van der Waals surface area contributed by atoms with Crippen molar-refractivity contribution < 1.29 is 4.79 Å². The third-order valence-electron chi connectivity index (χ3n) is 4.93. The lowest BCUT2D eigenvalue weighted by atomic mass is 9.88. The second-order valence-electron chi connectivity index (χ2n) is 6.45. The molecule has 1 amide bonds. The number of fused-ring (bicyclic) bond motifs is 1. The highest BCUT2D eigenvalue weighted by atomic mass is 32.1. The monoisotopic (exact) mass is 328 g/mol. The van der Waals surface area contributed by atoms with Crippen LogP contribution < -0.4 is 0 Å². The molecule has 0 aliphatic carbocycles. The number of likely N-dealkylation sites (tertiary alicyclic amines) is 2. The molecule has 6 heteroatoms. The van der Waals surface area contributed by atoms with E-state index in [1.165, 1.54) is 11.3 Å². The van der Waals surface area contributed by atoms with Gasteiger partial charge in [0.25, 0.3) is 5.91 Å². The molecule has 0 unspecified atom stereocenters. The Morgan fingerprint density at radius 1 is 1.22 bits per heavy atom. The number of pyridine rings is 1. The number of carbonyl (C=O) groups is 1. The molecule has 0 bridgehead atoms. The van der Waals surface area contributed by atoms with Crippen molar-refractivity contribution in [2.24, 2.45) is 11.8 Å². The fourth-order valence-corrected chi connectivity index (χ4v) is 4.31. The summed E-state index contributed by atoms with van der Waals surface area (Å²) >= 11 is 1.48. The van der Waals surface area contributed by atoms with E-state index in [-0.39, 0.29) is 5.91 Å². The Morgan fingerprint density at radius 3 is 2.91 bits per heavy atom. The summed E-state index contributed by atoms with van der Waals surface area (Å²) in [5.74, 6) is 1.38. The molecule has 2 aromatic heterocycles. The number of carbonyl (C=O) groups excluding carboxylic acids is 1. The van der Waals surface area contributed by atoms with Crippen molar-refractivity contribution in [2.45, 2.75) is 13.0 Å². The van der Waals surface area contributed by atoms with Gasteiger partial charge < -0.3 is 4.90 Å². The van der Waals surface area contributed by atoms with Gasteiger partial charge in [-0.05, 0) is 30.4 Å². The van der Waals surface area contributed by atoms with Gasteiger partial charge in [0.2, 0.25) is 0 Å². The molecule has 2 aromatic rings. The molecule has 2 fully saturated rings. The standard InChI is InChI=1S/C17H20N4OS/c22-17(16-11-23-12-19-16)21-6-4-13-7-20(8-14(13)9-21)10-15-3-1-2-5-18-15/h1-3,5,11-14H,4,6-10H2/t13-,14-/m0/s1. The van der Waals surface area contributed by atoms with Gasteiger partial charge in [0.1, 0.15) is 5.69 Å². The van der Waals surface area contributed by atoms with E-state index in [1.807, 2.05) is 28.6 Å². The predicted molar refractivity (Wildman–Crippen MR) is 89.1 cm³/mol. The Bertz CT molecular complexity index is 660. The van der Waals surface area contributed by atoms with Gasteiger partial charge in [-0.15, -0.1) is 11.3 Å². The highest BCUT2D eigenvalue weighted by molar-refractivity contribution is 7.07. The van der Waals surface area contributed by atoms with Gasteiger partial charge in [-0.1, -0.05) is 6.07 Å². The molecule has 0 aromatic carbocycles. The molecule has 2 saturated heterocycles. The number of aromatic nitrogens is 2. The smallest absolute Gasteiger partial charge is 0.273 e. The van der Waals surface area contributed by atoms with E-state index in [2.05, 4.69) is 20.9 Å². The van der Waals surface area contributed by atoms with Crippen LogP contribution in [-0.4, -0.2) is 51.9 Å². The van der Waals surface area contributed by atoms with Crippen LogP contribution in [0.5, 0.6) is 0 Å². The fourth-order valence-electron chi connectivity index (χ4n) is 3.78. The lowest BCUT2D eigenvalue weighted by Gasteiger charge is -2.34. The first kappa shape index (κ1) is 14.8. The highest BCUT2D eigenvalue weighted by Gasteiger charge is 2.38. The van der Waals surface area contributed by atoms with Crippen molar-refractivity contribution in [3.63, 3.8) is 0 Å². The van der Waals surface area contributed by atoms with Gasteiger partial charge >= 0.3 is 0 Å². The van der Waals surface area contributed by atoms with E-state index in [0.717, 1.165) is 44.8 Å². The molecule has 5 nitrogen and oxygen atoms in total. The predicted octanol–water partition coefficient (Wildman–Crippen LogP) is 2.13. The second-order valence-corrected chi connectivity index (χ2v) is 7.17. The molecule has 4 heterocycles. The van der Waals surface area contributed by atoms with Crippen LogP contribution >= 0.6 is 11.3 Å². The van der Waals surface area contributed by atoms with Crippen LogP contribution in [0, 0.1) is 11.8 Å². The first-order valence-electron chi connectivity index (χ1n) is 8.09. The molecular weight excluding hydrogens is 308 g/mol.